The van der Waals surface area contributed by atoms with Crippen LogP contribution >= 0.6 is 0 Å². The fourth-order valence-corrected chi connectivity index (χ4v) is 2.32. The molecule has 0 aliphatic heterocycles. The first-order valence-electron chi connectivity index (χ1n) is 6.12. The lowest BCUT2D eigenvalue weighted by atomic mass is 9.84. The minimum Gasteiger partial charge on any atom is -0.462 e. The van der Waals surface area contributed by atoms with Crippen molar-refractivity contribution in [1.82, 2.24) is 0 Å². The number of carbonyl (C=O) groups excluding carboxylic acids is 2. The van der Waals surface area contributed by atoms with Gasteiger partial charge in [0.05, 0.1) is 11.7 Å². The third kappa shape index (κ3) is 1.99. The Morgan fingerprint density at radius 2 is 2.00 bits per heavy atom. The van der Waals surface area contributed by atoms with E-state index in [4.69, 9.17) is 4.74 Å². The molecule has 6 heteroatoms. The molecule has 1 aliphatic carbocycles. The van der Waals surface area contributed by atoms with Gasteiger partial charge in [0, 0.05) is 6.42 Å². The molecular weight excluding hydrogens is 273 g/mol. The lowest BCUT2D eigenvalue weighted by Gasteiger charge is -2.25. The van der Waals surface area contributed by atoms with Crippen molar-refractivity contribution in [3.63, 3.8) is 0 Å². The molecule has 0 saturated heterocycles. The lowest BCUT2D eigenvalue weighted by molar-refractivity contribution is -0.164. The van der Waals surface area contributed by atoms with Crippen LogP contribution in [0.15, 0.2) is 18.2 Å². The van der Waals surface area contributed by atoms with Gasteiger partial charge in [-0.05, 0) is 25.5 Å². The molecule has 108 valence electrons. The van der Waals surface area contributed by atoms with E-state index in [2.05, 4.69) is 0 Å². The number of Topliss-reactive ketones (excluding diaryl/α,β-unsaturated/α-hetero) is 1. The normalized spacial score (nSPS) is 21.4. The number of esters is 1. The molecule has 0 radical (unpaired) electrons. The van der Waals surface area contributed by atoms with Crippen LogP contribution in [0.3, 0.4) is 0 Å². The van der Waals surface area contributed by atoms with Crippen LogP contribution in [0.25, 0.3) is 0 Å². The van der Waals surface area contributed by atoms with Gasteiger partial charge < -0.3 is 4.74 Å². The van der Waals surface area contributed by atoms with Gasteiger partial charge >= 0.3 is 5.97 Å². The van der Waals surface area contributed by atoms with Crippen LogP contribution in [-0.2, 0) is 16.0 Å². The number of hydrogen-bond donors (Lipinski definition) is 0. The van der Waals surface area contributed by atoms with Crippen molar-refractivity contribution in [2.75, 3.05) is 0 Å². The lowest BCUT2D eigenvalue weighted by Crippen LogP contribution is -2.45. The highest BCUT2D eigenvalue weighted by Gasteiger charge is 2.60. The zero-order valence-electron chi connectivity index (χ0n) is 11.0. The fourth-order valence-electron chi connectivity index (χ4n) is 2.32. The molecule has 0 saturated carbocycles. The van der Waals surface area contributed by atoms with Crippen LogP contribution in [0.4, 0.5) is 13.2 Å². The Hall–Kier alpha value is -1.85. The highest BCUT2D eigenvalue weighted by atomic mass is 19.3. The number of rotatable bonds is 3. The number of halogens is 3. The highest BCUT2D eigenvalue weighted by Crippen LogP contribution is 2.43. The average Bonchev–Trinajstić information content (AvgIpc) is 2.64. The maximum Gasteiger partial charge on any atom is 0.326 e. The number of carbonyl (C=O) groups is 2. The summed E-state index contributed by atoms with van der Waals surface area (Å²) in [6.45, 7) is 2.98. The van der Waals surface area contributed by atoms with E-state index < -0.39 is 47.5 Å². The molecule has 0 N–H and O–H groups in total. The second-order valence-corrected chi connectivity index (χ2v) is 5.01. The van der Waals surface area contributed by atoms with Gasteiger partial charge in [0.2, 0.25) is 0 Å². The second kappa shape index (κ2) is 4.92. The van der Waals surface area contributed by atoms with Crippen LogP contribution < -0.4 is 0 Å². The predicted octanol–water partition coefficient (Wildman–Crippen LogP) is 2.77. The molecule has 0 fully saturated rings. The van der Waals surface area contributed by atoms with Crippen LogP contribution in [-0.4, -0.2) is 24.3 Å². The maximum absolute atomic E-state index is 13.7. The summed E-state index contributed by atoms with van der Waals surface area (Å²) in [5.74, 6) is -3.40. The largest absolute Gasteiger partial charge is 0.462 e. The summed E-state index contributed by atoms with van der Waals surface area (Å²) in [5, 5.41) is 0. The van der Waals surface area contributed by atoms with Gasteiger partial charge in [-0.3, -0.25) is 9.59 Å². The summed E-state index contributed by atoms with van der Waals surface area (Å²) >= 11 is 0. The second-order valence-electron chi connectivity index (χ2n) is 5.01. The molecule has 2 rings (SSSR count). The summed E-state index contributed by atoms with van der Waals surface area (Å²) < 4.78 is 45.2. The molecule has 1 aromatic carbocycles. The van der Waals surface area contributed by atoms with Gasteiger partial charge in [0.25, 0.3) is 6.43 Å². The van der Waals surface area contributed by atoms with Crippen LogP contribution in [0, 0.1) is 11.2 Å². The average molecular weight is 286 g/mol. The molecule has 1 aromatic rings. The van der Waals surface area contributed by atoms with E-state index in [-0.39, 0.29) is 5.56 Å². The molecule has 0 bridgehead atoms. The molecule has 1 aliphatic rings. The van der Waals surface area contributed by atoms with Gasteiger partial charge in [0.1, 0.15) is 5.82 Å². The number of ketones is 1. The number of alkyl halides is 2. The van der Waals surface area contributed by atoms with Crippen molar-refractivity contribution < 1.29 is 27.5 Å². The van der Waals surface area contributed by atoms with Gasteiger partial charge in [-0.15, -0.1) is 0 Å². The first-order chi connectivity index (χ1) is 9.30. The molecule has 0 amide bonds. The Bertz CT molecular complexity index is 569. The Labute approximate surface area is 113 Å². The Balaban J connectivity index is 2.51. The van der Waals surface area contributed by atoms with Crippen molar-refractivity contribution in [3.8, 4) is 0 Å². The van der Waals surface area contributed by atoms with Crippen molar-refractivity contribution in [3.05, 3.63) is 35.1 Å². The van der Waals surface area contributed by atoms with Crippen molar-refractivity contribution in [2.24, 2.45) is 5.41 Å². The molecule has 1 unspecified atom stereocenters. The summed E-state index contributed by atoms with van der Waals surface area (Å²) in [7, 11) is 0. The number of fused-ring (bicyclic) bond motifs is 1. The van der Waals surface area contributed by atoms with Crippen molar-refractivity contribution in [1.29, 1.82) is 0 Å². The van der Waals surface area contributed by atoms with Crippen LogP contribution in [0.5, 0.6) is 0 Å². The van der Waals surface area contributed by atoms with E-state index in [1.54, 1.807) is 0 Å². The summed E-state index contributed by atoms with van der Waals surface area (Å²) in [6.07, 6.45) is -4.44. The standard InChI is InChI=1S/C14H13F3O3/c1-7(2)20-13(19)14(12(16)17)6-8-4-3-5-9(15)10(8)11(14)18/h3-5,7,12H,6H2,1-2H3. The van der Waals surface area contributed by atoms with Crippen molar-refractivity contribution >= 4 is 11.8 Å². The molecule has 1 atom stereocenters. The van der Waals surface area contributed by atoms with Gasteiger partial charge in [-0.25, -0.2) is 13.2 Å². The minimum atomic E-state index is -3.26. The molecule has 3 nitrogen and oxygen atoms in total. The first kappa shape index (κ1) is 14.6. The minimum absolute atomic E-state index is 0.107. The van der Waals surface area contributed by atoms with Gasteiger partial charge in [-0.1, -0.05) is 12.1 Å². The summed E-state index contributed by atoms with van der Waals surface area (Å²) in [6, 6.07) is 3.69. The van der Waals surface area contributed by atoms with Gasteiger partial charge in [-0.2, -0.15) is 0 Å². The molecule has 0 aromatic heterocycles. The number of ether oxygens (including phenoxy) is 1. The summed E-state index contributed by atoms with van der Waals surface area (Å²) in [5.41, 5.74) is -2.96. The molecule has 20 heavy (non-hydrogen) atoms. The van der Waals surface area contributed by atoms with E-state index in [1.165, 1.54) is 26.0 Å². The highest BCUT2D eigenvalue weighted by molar-refractivity contribution is 6.16. The van der Waals surface area contributed by atoms with E-state index in [9.17, 15) is 22.8 Å². The van der Waals surface area contributed by atoms with E-state index in [0.717, 1.165) is 6.07 Å². The molecular formula is C14H13F3O3. The Morgan fingerprint density at radius 3 is 2.50 bits per heavy atom. The third-order valence-corrected chi connectivity index (χ3v) is 3.28. The maximum atomic E-state index is 13.7. The SMILES string of the molecule is CC(C)OC(=O)C1(C(F)F)Cc2cccc(F)c2C1=O. The van der Waals surface area contributed by atoms with E-state index >= 15 is 0 Å². The van der Waals surface area contributed by atoms with E-state index in [1.807, 2.05) is 0 Å². The van der Waals surface area contributed by atoms with Crippen LogP contribution in [0.1, 0.15) is 29.8 Å². The fraction of sp³-hybridized carbons (Fsp3) is 0.429. The number of hydrogen-bond acceptors (Lipinski definition) is 3. The van der Waals surface area contributed by atoms with E-state index in [0.29, 0.717) is 0 Å². The molecule has 0 spiro atoms. The predicted molar refractivity (Wildman–Crippen MR) is 64.1 cm³/mol. The molecule has 0 heterocycles. The monoisotopic (exact) mass is 286 g/mol. The van der Waals surface area contributed by atoms with Crippen LogP contribution in [0.2, 0.25) is 0 Å². The topological polar surface area (TPSA) is 43.4 Å². The quantitative estimate of drug-likeness (QED) is 0.634. The zero-order chi connectivity index (χ0) is 15.1. The third-order valence-electron chi connectivity index (χ3n) is 3.28. The Kier molecular flexibility index (Phi) is 3.58. The van der Waals surface area contributed by atoms with Crippen molar-refractivity contribution in [2.45, 2.75) is 32.8 Å². The first-order valence-corrected chi connectivity index (χ1v) is 6.12. The Morgan fingerprint density at radius 1 is 1.35 bits per heavy atom. The van der Waals surface area contributed by atoms with Gasteiger partial charge in [0.15, 0.2) is 11.2 Å². The number of benzene rings is 1. The summed E-state index contributed by atoms with van der Waals surface area (Å²) in [4.78, 5) is 24.1. The zero-order valence-corrected chi connectivity index (χ0v) is 11.0. The smallest absolute Gasteiger partial charge is 0.326 e.